The maximum atomic E-state index is 11.9. The van der Waals surface area contributed by atoms with E-state index in [4.69, 9.17) is 11.6 Å². The fourth-order valence-electron chi connectivity index (χ4n) is 1.93. The molecule has 1 unspecified atom stereocenters. The number of hydrogen-bond donors (Lipinski definition) is 4. The molecular weight excluding hydrogens is 362 g/mol. The van der Waals surface area contributed by atoms with E-state index in [1.165, 1.54) is 11.3 Å². The minimum absolute atomic E-state index is 0.0504. The standard InChI is InChI=1S/C16H20ClN5O2S/c1-2-19-16(20-9-12(23)13-5-6-14(17)25-13)21-10-15(24)22-11-4-3-7-18-8-11/h3-8,12,23H,2,9-10H2,1H3,(H,22,24)(H2,19,20,21). The molecule has 2 aromatic rings. The van der Waals surface area contributed by atoms with Crippen LogP contribution in [-0.4, -0.2) is 41.6 Å². The maximum absolute atomic E-state index is 11.9. The van der Waals surface area contributed by atoms with Crippen LogP contribution in [0.3, 0.4) is 0 Å². The van der Waals surface area contributed by atoms with E-state index in [1.54, 1.807) is 36.7 Å². The molecule has 0 saturated carbocycles. The molecule has 9 heteroatoms. The van der Waals surface area contributed by atoms with Gasteiger partial charge in [-0.2, -0.15) is 0 Å². The highest BCUT2D eigenvalue weighted by Gasteiger charge is 2.11. The highest BCUT2D eigenvalue weighted by atomic mass is 35.5. The lowest BCUT2D eigenvalue weighted by Gasteiger charge is -2.14. The first kappa shape index (κ1) is 19.2. The third kappa shape index (κ3) is 6.69. The summed E-state index contributed by atoms with van der Waals surface area (Å²) >= 11 is 7.20. The van der Waals surface area contributed by atoms with Crippen molar-refractivity contribution in [1.82, 2.24) is 15.6 Å². The number of nitrogens with one attached hydrogen (secondary N) is 3. The van der Waals surface area contributed by atoms with E-state index in [9.17, 15) is 9.90 Å². The monoisotopic (exact) mass is 381 g/mol. The molecule has 0 aliphatic rings. The number of carbonyl (C=O) groups is 1. The van der Waals surface area contributed by atoms with Gasteiger partial charge in [0.05, 0.1) is 16.2 Å². The number of aliphatic hydroxyl groups is 1. The van der Waals surface area contributed by atoms with Crippen LogP contribution in [-0.2, 0) is 4.79 Å². The second-order valence-electron chi connectivity index (χ2n) is 5.02. The van der Waals surface area contributed by atoms with Crippen molar-refractivity contribution in [3.05, 3.63) is 45.9 Å². The lowest BCUT2D eigenvalue weighted by atomic mass is 10.3. The fraction of sp³-hybridized carbons (Fsp3) is 0.312. The minimum Gasteiger partial charge on any atom is -0.386 e. The van der Waals surface area contributed by atoms with E-state index in [0.717, 1.165) is 4.88 Å². The molecule has 1 amide bonds. The highest BCUT2D eigenvalue weighted by Crippen LogP contribution is 2.26. The number of thiophene rings is 1. The molecule has 2 heterocycles. The Labute approximate surface area is 155 Å². The molecule has 0 saturated heterocycles. The molecule has 0 aliphatic heterocycles. The van der Waals surface area contributed by atoms with Crippen LogP contribution < -0.4 is 16.0 Å². The summed E-state index contributed by atoms with van der Waals surface area (Å²) in [6.07, 6.45) is 2.49. The Morgan fingerprint density at radius 1 is 1.40 bits per heavy atom. The number of aromatic nitrogens is 1. The summed E-state index contributed by atoms with van der Waals surface area (Å²) < 4.78 is 0.627. The van der Waals surface area contributed by atoms with Crippen molar-refractivity contribution in [2.24, 2.45) is 4.99 Å². The van der Waals surface area contributed by atoms with Gasteiger partial charge in [-0.15, -0.1) is 11.3 Å². The predicted molar refractivity (Wildman–Crippen MR) is 101 cm³/mol. The van der Waals surface area contributed by atoms with Crippen LogP contribution in [0.4, 0.5) is 5.69 Å². The maximum Gasteiger partial charge on any atom is 0.246 e. The van der Waals surface area contributed by atoms with Crippen molar-refractivity contribution >= 4 is 40.5 Å². The van der Waals surface area contributed by atoms with Gasteiger partial charge in [-0.1, -0.05) is 11.6 Å². The molecule has 25 heavy (non-hydrogen) atoms. The lowest BCUT2D eigenvalue weighted by molar-refractivity contribution is -0.114. The van der Waals surface area contributed by atoms with Gasteiger partial charge in [0.25, 0.3) is 0 Å². The summed E-state index contributed by atoms with van der Waals surface area (Å²) in [6.45, 7) is 2.76. The third-order valence-electron chi connectivity index (χ3n) is 3.06. The molecule has 0 aliphatic carbocycles. The number of pyridine rings is 1. The number of halogens is 1. The van der Waals surface area contributed by atoms with Crippen molar-refractivity contribution in [2.45, 2.75) is 13.0 Å². The summed E-state index contributed by atoms with van der Waals surface area (Å²) in [7, 11) is 0. The van der Waals surface area contributed by atoms with Gasteiger partial charge in [-0.05, 0) is 31.2 Å². The summed E-state index contributed by atoms with van der Waals surface area (Å²) in [4.78, 5) is 20.8. The van der Waals surface area contributed by atoms with E-state index >= 15 is 0 Å². The van der Waals surface area contributed by atoms with Crippen LogP contribution >= 0.6 is 22.9 Å². The van der Waals surface area contributed by atoms with Crippen molar-refractivity contribution in [2.75, 3.05) is 25.0 Å². The zero-order valence-electron chi connectivity index (χ0n) is 13.7. The van der Waals surface area contributed by atoms with Crippen LogP contribution in [0.25, 0.3) is 0 Å². The van der Waals surface area contributed by atoms with Gasteiger partial charge >= 0.3 is 0 Å². The smallest absolute Gasteiger partial charge is 0.246 e. The topological polar surface area (TPSA) is 98.6 Å². The average molecular weight is 382 g/mol. The van der Waals surface area contributed by atoms with Crippen molar-refractivity contribution in [3.63, 3.8) is 0 Å². The van der Waals surface area contributed by atoms with Gasteiger partial charge in [-0.3, -0.25) is 9.78 Å². The Hall–Kier alpha value is -2.16. The van der Waals surface area contributed by atoms with Gasteiger partial charge in [0.1, 0.15) is 12.6 Å². The largest absolute Gasteiger partial charge is 0.386 e. The average Bonchev–Trinajstić information content (AvgIpc) is 3.04. The Morgan fingerprint density at radius 3 is 2.88 bits per heavy atom. The number of carbonyl (C=O) groups excluding carboxylic acids is 1. The molecule has 0 aromatic carbocycles. The molecule has 0 radical (unpaired) electrons. The first-order valence-corrected chi connectivity index (χ1v) is 8.93. The van der Waals surface area contributed by atoms with E-state index in [0.29, 0.717) is 22.5 Å². The zero-order valence-corrected chi connectivity index (χ0v) is 15.3. The molecule has 2 aromatic heterocycles. The Morgan fingerprint density at radius 2 is 2.24 bits per heavy atom. The number of aliphatic imine (C=N–C) groups is 1. The molecule has 0 fully saturated rings. The Bertz CT molecular complexity index is 708. The number of nitrogens with zero attached hydrogens (tertiary/aromatic N) is 2. The Balaban J connectivity index is 1.86. The van der Waals surface area contributed by atoms with Gasteiger partial charge < -0.3 is 21.1 Å². The van der Waals surface area contributed by atoms with Gasteiger partial charge in [0.15, 0.2) is 5.96 Å². The van der Waals surface area contributed by atoms with Crippen molar-refractivity contribution in [1.29, 1.82) is 0 Å². The second-order valence-corrected chi connectivity index (χ2v) is 6.77. The number of guanidine groups is 1. The van der Waals surface area contributed by atoms with Crippen LogP contribution in [0.15, 0.2) is 41.7 Å². The van der Waals surface area contributed by atoms with E-state index in [2.05, 4.69) is 25.9 Å². The first-order chi connectivity index (χ1) is 12.1. The van der Waals surface area contributed by atoms with Crippen LogP contribution in [0.5, 0.6) is 0 Å². The highest BCUT2D eigenvalue weighted by molar-refractivity contribution is 7.16. The molecule has 134 valence electrons. The van der Waals surface area contributed by atoms with Crippen LogP contribution in [0, 0.1) is 0 Å². The molecular formula is C16H20ClN5O2S. The predicted octanol–water partition coefficient (Wildman–Crippen LogP) is 2.02. The number of amides is 1. The van der Waals surface area contributed by atoms with Crippen molar-refractivity contribution in [3.8, 4) is 0 Å². The van der Waals surface area contributed by atoms with Crippen LogP contribution in [0.1, 0.15) is 17.9 Å². The summed E-state index contributed by atoms with van der Waals surface area (Å²) in [5.41, 5.74) is 0.616. The molecule has 4 N–H and O–H groups in total. The molecule has 0 spiro atoms. The molecule has 1 atom stereocenters. The first-order valence-electron chi connectivity index (χ1n) is 7.74. The van der Waals surface area contributed by atoms with Gasteiger partial charge in [0.2, 0.25) is 5.91 Å². The SMILES string of the molecule is CCNC(=NCC(=O)Nc1cccnc1)NCC(O)c1ccc(Cl)s1. The second kappa shape index (κ2) is 9.97. The quantitative estimate of drug-likeness (QED) is 0.434. The zero-order chi connectivity index (χ0) is 18.1. The molecule has 0 bridgehead atoms. The van der Waals surface area contributed by atoms with Crippen molar-refractivity contribution < 1.29 is 9.90 Å². The summed E-state index contributed by atoms with van der Waals surface area (Å²) in [5.74, 6) is 0.196. The Kier molecular flexibility index (Phi) is 7.65. The summed E-state index contributed by atoms with van der Waals surface area (Å²) in [6, 6.07) is 7.01. The van der Waals surface area contributed by atoms with Gasteiger partial charge in [0, 0.05) is 24.2 Å². The number of anilines is 1. The summed E-state index contributed by atoms with van der Waals surface area (Å²) in [5, 5.41) is 18.9. The van der Waals surface area contributed by atoms with E-state index < -0.39 is 6.10 Å². The van der Waals surface area contributed by atoms with Crippen LogP contribution in [0.2, 0.25) is 4.34 Å². The van der Waals surface area contributed by atoms with E-state index in [1.807, 2.05) is 6.92 Å². The number of rotatable bonds is 7. The number of hydrogen-bond acceptors (Lipinski definition) is 5. The van der Waals surface area contributed by atoms with Gasteiger partial charge in [-0.25, -0.2) is 4.99 Å². The third-order valence-corrected chi connectivity index (χ3v) is 4.39. The van der Waals surface area contributed by atoms with E-state index in [-0.39, 0.29) is 19.0 Å². The number of aliphatic hydroxyl groups excluding tert-OH is 1. The molecule has 2 rings (SSSR count). The minimum atomic E-state index is -0.703. The molecule has 7 nitrogen and oxygen atoms in total. The normalized spacial score (nSPS) is 12.5. The lowest BCUT2D eigenvalue weighted by Crippen LogP contribution is -2.40. The fourth-order valence-corrected chi connectivity index (χ4v) is 2.98.